The first-order chi connectivity index (χ1) is 16.5. The van der Waals surface area contributed by atoms with E-state index in [4.69, 9.17) is 14.2 Å². The molecule has 35 heavy (non-hydrogen) atoms. The van der Waals surface area contributed by atoms with E-state index in [2.05, 4.69) is 27.7 Å². The van der Waals surface area contributed by atoms with Crippen LogP contribution in [0.25, 0.3) is 0 Å². The van der Waals surface area contributed by atoms with E-state index in [1.807, 2.05) is 0 Å². The number of aliphatic hydroxyl groups excluding tert-OH is 1. The first-order valence-corrected chi connectivity index (χ1v) is 14.2. The Hall–Kier alpha value is -0.980. The van der Waals surface area contributed by atoms with E-state index >= 15 is 0 Å². The lowest BCUT2D eigenvalue weighted by Gasteiger charge is -2.60. The first kappa shape index (κ1) is 24.4. The normalized spacial score (nSPS) is 57.3. The number of rotatable bonds is 1. The van der Waals surface area contributed by atoms with Crippen LogP contribution in [0.1, 0.15) is 86.0 Å². The Morgan fingerprint density at radius 1 is 1.06 bits per heavy atom. The Morgan fingerprint density at radius 3 is 2.54 bits per heavy atom. The van der Waals surface area contributed by atoms with Gasteiger partial charge < -0.3 is 19.3 Å². The molecule has 0 bridgehead atoms. The number of esters is 1. The van der Waals surface area contributed by atoms with E-state index in [0.29, 0.717) is 54.8 Å². The third kappa shape index (κ3) is 3.31. The summed E-state index contributed by atoms with van der Waals surface area (Å²) in [5, 5.41) is 10.3. The Kier molecular flexibility index (Phi) is 5.57. The zero-order chi connectivity index (χ0) is 24.9. The van der Waals surface area contributed by atoms with Crippen molar-refractivity contribution in [1.29, 1.82) is 0 Å². The van der Waals surface area contributed by atoms with Crippen LogP contribution < -0.4 is 0 Å². The molecule has 2 aliphatic heterocycles. The van der Waals surface area contributed by atoms with Crippen LogP contribution in [0.2, 0.25) is 0 Å². The molecule has 1 N–H and O–H groups in total. The van der Waals surface area contributed by atoms with Crippen LogP contribution in [0, 0.1) is 52.3 Å². The fraction of sp³-hybridized carbons (Fsp3) is 0.931. The summed E-state index contributed by atoms with van der Waals surface area (Å²) in [4.78, 5) is 25.4. The third-order valence-electron chi connectivity index (χ3n) is 12.0. The van der Waals surface area contributed by atoms with Crippen LogP contribution >= 0.6 is 0 Å². The molecule has 6 rings (SSSR count). The molecule has 2 heterocycles. The van der Waals surface area contributed by atoms with Crippen molar-refractivity contribution in [1.82, 2.24) is 0 Å². The lowest BCUT2D eigenvalue weighted by molar-refractivity contribution is -0.318. The minimum atomic E-state index is -0.850. The number of carbonyl (C=O) groups is 2. The minimum absolute atomic E-state index is 0.0228. The summed E-state index contributed by atoms with van der Waals surface area (Å²) in [5.41, 5.74) is 0.120. The molecule has 0 aromatic rings. The molecule has 6 fully saturated rings. The summed E-state index contributed by atoms with van der Waals surface area (Å²) < 4.78 is 19.2. The first-order valence-electron chi connectivity index (χ1n) is 14.2. The number of ketones is 1. The van der Waals surface area contributed by atoms with Gasteiger partial charge in [-0.15, -0.1) is 0 Å². The van der Waals surface area contributed by atoms with Gasteiger partial charge >= 0.3 is 5.97 Å². The number of carbonyl (C=O) groups excluding carboxylic acids is 2. The van der Waals surface area contributed by atoms with Gasteiger partial charge in [-0.05, 0) is 85.4 Å². The van der Waals surface area contributed by atoms with Gasteiger partial charge in [-0.1, -0.05) is 27.7 Å². The number of aliphatic hydroxyl groups is 1. The van der Waals surface area contributed by atoms with E-state index in [0.717, 1.165) is 38.5 Å². The maximum Gasteiger partial charge on any atom is 0.303 e. The number of hydrogen-bond donors (Lipinski definition) is 1. The summed E-state index contributed by atoms with van der Waals surface area (Å²) in [6.45, 7) is 11.3. The quantitative estimate of drug-likeness (QED) is 0.547. The van der Waals surface area contributed by atoms with E-state index in [1.54, 1.807) is 0 Å². The largest absolute Gasteiger partial charge is 0.457 e. The maximum absolute atomic E-state index is 13.4. The zero-order valence-electron chi connectivity index (χ0n) is 22.1. The van der Waals surface area contributed by atoms with Gasteiger partial charge in [-0.2, -0.15) is 0 Å². The highest BCUT2D eigenvalue weighted by atomic mass is 16.7. The zero-order valence-corrected chi connectivity index (χ0v) is 22.1. The van der Waals surface area contributed by atoms with Crippen molar-refractivity contribution < 1.29 is 28.9 Å². The molecule has 6 nitrogen and oxygen atoms in total. The maximum atomic E-state index is 13.4. The SMILES string of the molecule is CC(=O)OC1C[C@H](C)CO[C@@]12OC1C[C@H]3[C@@H]4CC(=O)[C@H]5C[C@@H](O)CC[C@]5(C)[C@H]4CC[C@]3(C)C1C2C. The van der Waals surface area contributed by atoms with Crippen LogP contribution in [0.3, 0.4) is 0 Å². The molecule has 4 saturated carbocycles. The Bertz CT molecular complexity index is 904. The Balaban J connectivity index is 1.29. The van der Waals surface area contributed by atoms with Gasteiger partial charge in [0.2, 0.25) is 5.79 Å². The standard InChI is InChI=1S/C29H44O6/c1-15-10-25(34-17(3)30)29(33-14-15)16(2)26-24(35-29)13-21-19-12-23(32)22-11-18(31)6-8-27(22,4)20(19)7-9-28(21,26)5/h15-16,18-22,24-26,31H,6-14H2,1-5H3/t15-,16?,18-,19+,20-,21-,22+,24?,25?,26?,27+,28-,29-/m0/s1. The molecule has 0 aromatic carbocycles. The molecule has 0 aromatic heterocycles. The second kappa shape index (κ2) is 8.01. The van der Waals surface area contributed by atoms with Gasteiger partial charge in [0.1, 0.15) is 5.78 Å². The Labute approximate surface area is 209 Å². The average molecular weight is 489 g/mol. The molecule has 13 atom stereocenters. The van der Waals surface area contributed by atoms with Crippen molar-refractivity contribution in [3.63, 3.8) is 0 Å². The smallest absolute Gasteiger partial charge is 0.303 e. The topological polar surface area (TPSA) is 82.1 Å². The van der Waals surface area contributed by atoms with E-state index in [9.17, 15) is 14.7 Å². The van der Waals surface area contributed by atoms with Gasteiger partial charge in [0.05, 0.1) is 18.8 Å². The second-order valence-electron chi connectivity index (χ2n) is 13.8. The van der Waals surface area contributed by atoms with Crippen molar-refractivity contribution in [2.75, 3.05) is 6.61 Å². The molecule has 196 valence electrons. The Morgan fingerprint density at radius 2 is 1.80 bits per heavy atom. The van der Waals surface area contributed by atoms with Crippen molar-refractivity contribution >= 4 is 11.8 Å². The van der Waals surface area contributed by atoms with Crippen LogP contribution in [0.4, 0.5) is 0 Å². The molecule has 4 unspecified atom stereocenters. The lowest BCUT2D eigenvalue weighted by atomic mass is 9.44. The van der Waals surface area contributed by atoms with Crippen LogP contribution in [-0.4, -0.2) is 47.6 Å². The molecule has 0 radical (unpaired) electrons. The van der Waals surface area contributed by atoms with Crippen molar-refractivity contribution in [3.05, 3.63) is 0 Å². The van der Waals surface area contributed by atoms with Gasteiger partial charge in [-0.25, -0.2) is 0 Å². The average Bonchev–Trinajstić information content (AvgIpc) is 3.23. The highest BCUT2D eigenvalue weighted by Gasteiger charge is 2.71. The number of ether oxygens (including phenoxy) is 3. The van der Waals surface area contributed by atoms with E-state index in [1.165, 1.54) is 6.92 Å². The number of hydrogen-bond acceptors (Lipinski definition) is 6. The van der Waals surface area contributed by atoms with E-state index in [-0.39, 0.29) is 46.9 Å². The van der Waals surface area contributed by atoms with Crippen LogP contribution in [0.15, 0.2) is 0 Å². The molecule has 6 aliphatic rings. The van der Waals surface area contributed by atoms with Gasteiger partial charge in [0, 0.05) is 25.2 Å². The summed E-state index contributed by atoms with van der Waals surface area (Å²) in [6.07, 6.45) is 6.56. The predicted octanol–water partition coefficient (Wildman–Crippen LogP) is 4.51. The summed E-state index contributed by atoms with van der Waals surface area (Å²) >= 11 is 0. The highest BCUT2D eigenvalue weighted by molar-refractivity contribution is 5.83. The van der Waals surface area contributed by atoms with Crippen molar-refractivity contribution in [2.45, 2.75) is 110 Å². The van der Waals surface area contributed by atoms with Crippen molar-refractivity contribution in [3.8, 4) is 0 Å². The van der Waals surface area contributed by atoms with E-state index < -0.39 is 5.79 Å². The molecular formula is C29H44O6. The fourth-order valence-corrected chi connectivity index (χ4v) is 10.5. The number of Topliss-reactive ketones (excluding diaryl/α,β-unsaturated/α-hetero) is 1. The molecule has 1 spiro atoms. The van der Waals surface area contributed by atoms with Crippen LogP contribution in [-0.2, 0) is 23.8 Å². The summed E-state index contributed by atoms with van der Waals surface area (Å²) in [7, 11) is 0. The molecule has 0 amide bonds. The van der Waals surface area contributed by atoms with Gasteiger partial charge in [0.25, 0.3) is 0 Å². The van der Waals surface area contributed by atoms with Gasteiger partial charge in [-0.3, -0.25) is 9.59 Å². The van der Waals surface area contributed by atoms with Crippen molar-refractivity contribution in [2.24, 2.45) is 52.3 Å². The summed E-state index contributed by atoms with van der Waals surface area (Å²) in [6, 6.07) is 0. The lowest BCUT2D eigenvalue weighted by Crippen LogP contribution is -2.59. The minimum Gasteiger partial charge on any atom is -0.457 e. The second-order valence-corrected chi connectivity index (χ2v) is 13.8. The monoisotopic (exact) mass is 488 g/mol. The third-order valence-corrected chi connectivity index (χ3v) is 12.0. The molecular weight excluding hydrogens is 444 g/mol. The van der Waals surface area contributed by atoms with Crippen LogP contribution in [0.5, 0.6) is 0 Å². The number of fused-ring (bicyclic) bond motifs is 7. The predicted molar refractivity (Wildman–Crippen MR) is 129 cm³/mol. The fourth-order valence-electron chi connectivity index (χ4n) is 10.5. The highest BCUT2D eigenvalue weighted by Crippen LogP contribution is 2.71. The molecule has 2 saturated heterocycles. The molecule has 4 aliphatic carbocycles. The summed E-state index contributed by atoms with van der Waals surface area (Å²) in [5.74, 6) is 1.53. The molecule has 6 heteroatoms. The van der Waals surface area contributed by atoms with Gasteiger partial charge in [0.15, 0.2) is 6.10 Å².